The SMILES string of the molecule is O=C(Nc1ccc(F)cc1)C1CCN(CC(=O)N2CCNC2=O)CC1. The molecule has 1 aromatic rings. The molecule has 2 fully saturated rings. The van der Waals surface area contributed by atoms with Gasteiger partial charge in [-0.15, -0.1) is 0 Å². The van der Waals surface area contributed by atoms with Gasteiger partial charge in [-0.05, 0) is 50.2 Å². The van der Waals surface area contributed by atoms with E-state index in [-0.39, 0.29) is 36.1 Å². The summed E-state index contributed by atoms with van der Waals surface area (Å²) in [5, 5.41) is 5.40. The quantitative estimate of drug-likeness (QED) is 0.851. The maximum atomic E-state index is 12.9. The number of hydrogen-bond donors (Lipinski definition) is 2. The average molecular weight is 348 g/mol. The van der Waals surface area contributed by atoms with Crippen molar-refractivity contribution >= 4 is 23.5 Å². The molecule has 3 rings (SSSR count). The van der Waals surface area contributed by atoms with Gasteiger partial charge in [0.15, 0.2) is 0 Å². The Bertz CT molecular complexity index is 656. The van der Waals surface area contributed by atoms with E-state index in [0.717, 1.165) is 0 Å². The number of hydrogen-bond acceptors (Lipinski definition) is 4. The van der Waals surface area contributed by atoms with E-state index in [1.54, 1.807) is 0 Å². The minimum Gasteiger partial charge on any atom is -0.336 e. The van der Waals surface area contributed by atoms with Crippen molar-refractivity contribution in [3.63, 3.8) is 0 Å². The van der Waals surface area contributed by atoms with Crippen LogP contribution in [0.25, 0.3) is 0 Å². The van der Waals surface area contributed by atoms with Crippen LogP contribution in [-0.4, -0.2) is 60.4 Å². The van der Waals surface area contributed by atoms with Crippen molar-refractivity contribution in [2.45, 2.75) is 12.8 Å². The molecule has 2 aliphatic heterocycles. The number of nitrogens with zero attached hydrogens (tertiary/aromatic N) is 2. The Kier molecular flexibility index (Phi) is 5.28. The smallest absolute Gasteiger partial charge is 0.324 e. The number of rotatable bonds is 4. The van der Waals surface area contributed by atoms with Gasteiger partial charge in [-0.3, -0.25) is 19.4 Å². The van der Waals surface area contributed by atoms with Crippen LogP contribution in [0.4, 0.5) is 14.9 Å². The van der Waals surface area contributed by atoms with Gasteiger partial charge in [-0.1, -0.05) is 0 Å². The van der Waals surface area contributed by atoms with E-state index in [1.165, 1.54) is 29.2 Å². The van der Waals surface area contributed by atoms with Crippen molar-refractivity contribution in [1.82, 2.24) is 15.1 Å². The highest BCUT2D eigenvalue weighted by Crippen LogP contribution is 2.20. The molecule has 134 valence electrons. The molecule has 0 spiro atoms. The molecule has 1 aromatic carbocycles. The lowest BCUT2D eigenvalue weighted by Crippen LogP contribution is -2.45. The molecule has 0 atom stereocenters. The molecular formula is C17H21FN4O3. The summed E-state index contributed by atoms with van der Waals surface area (Å²) in [4.78, 5) is 39.1. The molecule has 8 heteroatoms. The first kappa shape index (κ1) is 17.3. The van der Waals surface area contributed by atoms with Gasteiger partial charge in [0, 0.05) is 24.7 Å². The van der Waals surface area contributed by atoms with Gasteiger partial charge < -0.3 is 10.6 Å². The topological polar surface area (TPSA) is 81.8 Å². The van der Waals surface area contributed by atoms with E-state index in [1.807, 2.05) is 4.90 Å². The van der Waals surface area contributed by atoms with Crippen LogP contribution in [-0.2, 0) is 9.59 Å². The molecule has 2 aliphatic rings. The summed E-state index contributed by atoms with van der Waals surface area (Å²) in [7, 11) is 0. The Balaban J connectivity index is 1.45. The fourth-order valence-electron chi connectivity index (χ4n) is 3.12. The number of likely N-dealkylation sites (tertiary alicyclic amines) is 1. The van der Waals surface area contributed by atoms with Crippen molar-refractivity contribution < 1.29 is 18.8 Å². The molecule has 2 heterocycles. The average Bonchev–Trinajstić information content (AvgIpc) is 3.04. The normalized spacial score (nSPS) is 18.9. The predicted octanol–water partition coefficient (Wildman–Crippen LogP) is 1.03. The number of anilines is 1. The highest BCUT2D eigenvalue weighted by atomic mass is 19.1. The molecule has 0 saturated carbocycles. The van der Waals surface area contributed by atoms with Crippen LogP contribution >= 0.6 is 0 Å². The van der Waals surface area contributed by atoms with Crippen LogP contribution in [0.15, 0.2) is 24.3 Å². The van der Waals surface area contributed by atoms with E-state index in [4.69, 9.17) is 0 Å². The lowest BCUT2D eigenvalue weighted by atomic mass is 9.95. The summed E-state index contributed by atoms with van der Waals surface area (Å²) in [5.41, 5.74) is 0.573. The predicted molar refractivity (Wildman–Crippen MR) is 89.3 cm³/mol. The first-order chi connectivity index (χ1) is 12.0. The molecule has 7 nitrogen and oxygen atoms in total. The maximum Gasteiger partial charge on any atom is 0.324 e. The zero-order valence-corrected chi connectivity index (χ0v) is 13.8. The van der Waals surface area contributed by atoms with E-state index in [0.29, 0.717) is 44.7 Å². The molecule has 4 amide bonds. The van der Waals surface area contributed by atoms with Crippen molar-refractivity contribution in [2.24, 2.45) is 5.92 Å². The number of nitrogens with one attached hydrogen (secondary N) is 2. The molecule has 2 N–H and O–H groups in total. The Labute approximate surface area is 145 Å². The first-order valence-electron chi connectivity index (χ1n) is 8.40. The Hall–Kier alpha value is -2.48. The summed E-state index contributed by atoms with van der Waals surface area (Å²) in [5.74, 6) is -0.769. The van der Waals surface area contributed by atoms with E-state index >= 15 is 0 Å². The van der Waals surface area contributed by atoms with Crippen LogP contribution in [0.3, 0.4) is 0 Å². The number of piperidine rings is 1. The fourth-order valence-corrected chi connectivity index (χ4v) is 3.12. The number of carbonyl (C=O) groups is 3. The summed E-state index contributed by atoms with van der Waals surface area (Å²) in [6.07, 6.45) is 1.29. The zero-order valence-electron chi connectivity index (χ0n) is 13.8. The van der Waals surface area contributed by atoms with Crippen LogP contribution < -0.4 is 10.6 Å². The molecule has 0 radical (unpaired) electrons. The molecular weight excluding hydrogens is 327 g/mol. The van der Waals surface area contributed by atoms with Crippen molar-refractivity contribution in [1.29, 1.82) is 0 Å². The van der Waals surface area contributed by atoms with Gasteiger partial charge in [0.25, 0.3) is 0 Å². The molecule has 25 heavy (non-hydrogen) atoms. The van der Waals surface area contributed by atoms with Crippen LogP contribution in [0, 0.1) is 11.7 Å². The number of carbonyl (C=O) groups excluding carboxylic acids is 3. The van der Waals surface area contributed by atoms with Gasteiger partial charge in [-0.2, -0.15) is 0 Å². The number of benzene rings is 1. The highest BCUT2D eigenvalue weighted by molar-refractivity contribution is 5.96. The van der Waals surface area contributed by atoms with Crippen molar-refractivity contribution in [3.05, 3.63) is 30.1 Å². The van der Waals surface area contributed by atoms with Crippen LogP contribution in [0.1, 0.15) is 12.8 Å². The number of halogens is 1. The molecule has 2 saturated heterocycles. The summed E-state index contributed by atoms with van der Waals surface area (Å²) < 4.78 is 12.9. The molecule has 0 aromatic heterocycles. The summed E-state index contributed by atoms with van der Waals surface area (Å²) >= 11 is 0. The minimum atomic E-state index is -0.345. The largest absolute Gasteiger partial charge is 0.336 e. The van der Waals surface area contributed by atoms with E-state index in [9.17, 15) is 18.8 Å². The Morgan fingerprint density at radius 1 is 1.16 bits per heavy atom. The monoisotopic (exact) mass is 348 g/mol. The lowest BCUT2D eigenvalue weighted by Gasteiger charge is -2.31. The van der Waals surface area contributed by atoms with Crippen molar-refractivity contribution in [2.75, 3.05) is 38.0 Å². The van der Waals surface area contributed by atoms with Gasteiger partial charge in [0.2, 0.25) is 11.8 Å². The zero-order chi connectivity index (χ0) is 17.8. The minimum absolute atomic E-state index is 0.0866. The van der Waals surface area contributed by atoms with Gasteiger partial charge in [0.1, 0.15) is 5.82 Å². The standard InChI is InChI=1S/C17H21FN4O3/c18-13-1-3-14(4-2-13)20-16(24)12-5-8-21(9-6-12)11-15(23)22-10-7-19-17(22)25/h1-4,12H,5-11H2,(H,19,25)(H,20,24). The third kappa shape index (κ3) is 4.33. The number of imide groups is 1. The van der Waals surface area contributed by atoms with Gasteiger partial charge in [0.05, 0.1) is 6.54 Å². The second-order valence-electron chi connectivity index (χ2n) is 6.32. The van der Waals surface area contributed by atoms with Crippen molar-refractivity contribution in [3.8, 4) is 0 Å². The maximum absolute atomic E-state index is 12.9. The van der Waals surface area contributed by atoms with Gasteiger partial charge in [-0.25, -0.2) is 9.18 Å². The van der Waals surface area contributed by atoms with Crippen LogP contribution in [0.2, 0.25) is 0 Å². The summed E-state index contributed by atoms with van der Waals surface area (Å²) in [6, 6.07) is 5.33. The van der Waals surface area contributed by atoms with Gasteiger partial charge >= 0.3 is 6.03 Å². The second-order valence-corrected chi connectivity index (χ2v) is 6.32. The number of amides is 4. The molecule has 0 aliphatic carbocycles. The summed E-state index contributed by atoms with van der Waals surface area (Å²) in [6.45, 7) is 2.36. The highest BCUT2D eigenvalue weighted by Gasteiger charge is 2.30. The first-order valence-corrected chi connectivity index (χ1v) is 8.40. The Morgan fingerprint density at radius 2 is 1.84 bits per heavy atom. The molecule has 0 unspecified atom stereocenters. The third-order valence-corrected chi connectivity index (χ3v) is 4.59. The number of urea groups is 1. The van der Waals surface area contributed by atoms with E-state index < -0.39 is 0 Å². The fraction of sp³-hybridized carbons (Fsp3) is 0.471. The lowest BCUT2D eigenvalue weighted by molar-refractivity contribution is -0.129. The van der Waals surface area contributed by atoms with Crippen LogP contribution in [0.5, 0.6) is 0 Å². The second kappa shape index (κ2) is 7.60. The molecule has 0 bridgehead atoms. The third-order valence-electron chi connectivity index (χ3n) is 4.59. The van der Waals surface area contributed by atoms with E-state index in [2.05, 4.69) is 10.6 Å². The Morgan fingerprint density at radius 3 is 2.44 bits per heavy atom.